The topological polar surface area (TPSA) is 67.0 Å². The van der Waals surface area contributed by atoms with E-state index < -0.39 is 0 Å². The number of aryl methyl sites for hydroxylation is 1. The number of ether oxygens (including phenoxy) is 1. The Morgan fingerprint density at radius 3 is 3.19 bits per heavy atom. The number of hydrogen-bond donors (Lipinski definition) is 2. The number of hydrogen-bond acceptors (Lipinski definition) is 3. The Bertz CT molecular complexity index is 636. The van der Waals surface area contributed by atoms with E-state index in [1.54, 1.807) is 0 Å². The highest BCUT2D eigenvalue weighted by molar-refractivity contribution is 5.92. The zero-order chi connectivity index (χ0) is 14.7. The molecule has 5 heteroatoms. The monoisotopic (exact) mass is 285 g/mol. The van der Waals surface area contributed by atoms with Gasteiger partial charge in [0.1, 0.15) is 12.4 Å². The number of H-pyrrole nitrogens is 1. The van der Waals surface area contributed by atoms with Crippen LogP contribution in [0.4, 0.5) is 5.82 Å². The van der Waals surface area contributed by atoms with E-state index in [9.17, 15) is 4.79 Å². The lowest BCUT2D eigenvalue weighted by Crippen LogP contribution is -2.32. The molecule has 1 aromatic heterocycles. The van der Waals surface area contributed by atoms with Gasteiger partial charge in [0.2, 0.25) is 5.91 Å². The number of rotatable bonds is 4. The van der Waals surface area contributed by atoms with Gasteiger partial charge in [-0.1, -0.05) is 31.5 Å². The summed E-state index contributed by atoms with van der Waals surface area (Å²) in [5.74, 6) is 1.25. The Morgan fingerprint density at radius 1 is 1.48 bits per heavy atom. The van der Waals surface area contributed by atoms with Crippen LogP contribution in [0.5, 0.6) is 5.75 Å². The van der Waals surface area contributed by atoms with Crippen LogP contribution in [0.25, 0.3) is 0 Å². The number of fused-ring (bicyclic) bond motifs is 1. The first-order valence-electron chi connectivity index (χ1n) is 7.32. The molecule has 0 spiro atoms. The molecule has 5 nitrogen and oxygen atoms in total. The second kappa shape index (κ2) is 5.99. The Balaban J connectivity index is 1.63. The molecule has 0 bridgehead atoms. The second-order valence-corrected chi connectivity index (χ2v) is 5.34. The lowest BCUT2D eigenvalue weighted by Gasteiger charge is -2.24. The van der Waals surface area contributed by atoms with Crippen LogP contribution in [0.1, 0.15) is 24.6 Å². The number of benzene rings is 1. The molecule has 21 heavy (non-hydrogen) atoms. The maximum Gasteiger partial charge on any atom is 0.232 e. The smallest absolute Gasteiger partial charge is 0.232 e. The number of carbonyl (C=O) groups is 1. The molecule has 1 aromatic carbocycles. The number of amides is 1. The first kappa shape index (κ1) is 13.7. The molecule has 1 aliphatic heterocycles. The zero-order valence-electron chi connectivity index (χ0n) is 12.1. The molecule has 1 amide bonds. The number of anilines is 1. The highest BCUT2D eigenvalue weighted by Crippen LogP contribution is 2.27. The Morgan fingerprint density at radius 2 is 2.33 bits per heavy atom. The van der Waals surface area contributed by atoms with E-state index in [2.05, 4.69) is 22.4 Å². The fourth-order valence-corrected chi connectivity index (χ4v) is 2.55. The minimum Gasteiger partial charge on any atom is -0.492 e. The molecule has 0 fully saturated rings. The van der Waals surface area contributed by atoms with Crippen LogP contribution in [0.2, 0.25) is 0 Å². The van der Waals surface area contributed by atoms with Gasteiger partial charge in [0.05, 0.1) is 5.92 Å². The molecule has 110 valence electrons. The molecule has 0 radical (unpaired) electrons. The van der Waals surface area contributed by atoms with E-state index in [4.69, 9.17) is 4.74 Å². The van der Waals surface area contributed by atoms with Crippen molar-refractivity contribution >= 4 is 11.7 Å². The summed E-state index contributed by atoms with van der Waals surface area (Å²) in [7, 11) is 0. The lowest BCUT2D eigenvalue weighted by atomic mass is 9.96. The molecule has 0 saturated heterocycles. The third-order valence-corrected chi connectivity index (χ3v) is 3.65. The maximum atomic E-state index is 12.3. The van der Waals surface area contributed by atoms with E-state index in [1.165, 1.54) is 0 Å². The average Bonchev–Trinajstić information content (AvgIpc) is 2.94. The highest BCUT2D eigenvalue weighted by Gasteiger charge is 2.26. The first-order valence-corrected chi connectivity index (χ1v) is 7.32. The van der Waals surface area contributed by atoms with Crippen LogP contribution in [-0.2, 0) is 17.6 Å². The molecular formula is C16H19N3O2. The minimum absolute atomic E-state index is 0.0425. The van der Waals surface area contributed by atoms with Crippen molar-refractivity contribution in [2.45, 2.75) is 26.2 Å². The van der Waals surface area contributed by atoms with Gasteiger partial charge in [0, 0.05) is 11.8 Å². The van der Waals surface area contributed by atoms with Crippen LogP contribution in [-0.4, -0.2) is 22.7 Å². The summed E-state index contributed by atoms with van der Waals surface area (Å²) in [4.78, 5) is 12.3. The van der Waals surface area contributed by atoms with E-state index >= 15 is 0 Å². The standard InChI is InChI=1S/C16H19N3O2/c1-2-5-13-9-15(19-18-13)17-16(20)12-8-11-6-3-4-7-14(11)21-10-12/h3-4,6-7,9,12H,2,5,8,10H2,1H3,(H2,17,18,19,20). The summed E-state index contributed by atoms with van der Waals surface area (Å²) in [5, 5.41) is 9.91. The normalized spacial score (nSPS) is 16.9. The van der Waals surface area contributed by atoms with Gasteiger partial charge in [-0.15, -0.1) is 0 Å². The average molecular weight is 285 g/mol. The van der Waals surface area contributed by atoms with Crippen molar-refractivity contribution in [2.24, 2.45) is 5.92 Å². The van der Waals surface area contributed by atoms with Crippen LogP contribution in [0, 0.1) is 5.92 Å². The zero-order valence-corrected chi connectivity index (χ0v) is 12.1. The molecule has 2 N–H and O–H groups in total. The molecule has 1 atom stereocenters. The van der Waals surface area contributed by atoms with Crippen molar-refractivity contribution in [3.8, 4) is 5.75 Å². The van der Waals surface area contributed by atoms with Crippen LogP contribution >= 0.6 is 0 Å². The molecule has 1 aliphatic rings. The molecule has 0 aliphatic carbocycles. The van der Waals surface area contributed by atoms with Gasteiger partial charge >= 0.3 is 0 Å². The maximum absolute atomic E-state index is 12.3. The van der Waals surface area contributed by atoms with Crippen molar-refractivity contribution in [1.82, 2.24) is 10.2 Å². The summed E-state index contributed by atoms with van der Waals surface area (Å²) < 4.78 is 5.65. The van der Waals surface area contributed by atoms with Crippen molar-refractivity contribution in [3.63, 3.8) is 0 Å². The highest BCUT2D eigenvalue weighted by atomic mass is 16.5. The van der Waals surface area contributed by atoms with Crippen molar-refractivity contribution < 1.29 is 9.53 Å². The first-order chi connectivity index (χ1) is 10.3. The molecule has 0 saturated carbocycles. The molecule has 2 aromatic rings. The molecular weight excluding hydrogens is 266 g/mol. The lowest BCUT2D eigenvalue weighted by molar-refractivity contribution is -0.121. The summed E-state index contributed by atoms with van der Waals surface area (Å²) in [6.07, 6.45) is 2.68. The molecule has 3 rings (SSSR count). The number of nitrogens with one attached hydrogen (secondary N) is 2. The molecule has 1 unspecified atom stereocenters. The predicted molar refractivity (Wildman–Crippen MR) is 80.3 cm³/mol. The predicted octanol–water partition coefficient (Wildman–Crippen LogP) is 2.55. The van der Waals surface area contributed by atoms with Gasteiger partial charge in [-0.25, -0.2) is 0 Å². The van der Waals surface area contributed by atoms with Gasteiger partial charge in [-0.3, -0.25) is 9.89 Å². The quantitative estimate of drug-likeness (QED) is 0.907. The minimum atomic E-state index is -0.175. The number of carbonyl (C=O) groups excluding carboxylic acids is 1. The van der Waals surface area contributed by atoms with Crippen molar-refractivity contribution in [2.75, 3.05) is 11.9 Å². The van der Waals surface area contributed by atoms with E-state index in [-0.39, 0.29) is 11.8 Å². The molecule has 2 heterocycles. The Hall–Kier alpha value is -2.30. The second-order valence-electron chi connectivity index (χ2n) is 5.34. The van der Waals surface area contributed by atoms with Gasteiger partial charge < -0.3 is 10.1 Å². The Kier molecular flexibility index (Phi) is 3.90. The van der Waals surface area contributed by atoms with Crippen LogP contribution in [0.3, 0.4) is 0 Å². The van der Waals surface area contributed by atoms with E-state index in [1.807, 2.05) is 30.3 Å². The number of aromatic amines is 1. The van der Waals surface area contributed by atoms with Crippen molar-refractivity contribution in [3.05, 3.63) is 41.6 Å². The summed E-state index contributed by atoms with van der Waals surface area (Å²) in [6.45, 7) is 2.52. The van der Waals surface area contributed by atoms with Crippen LogP contribution in [0.15, 0.2) is 30.3 Å². The van der Waals surface area contributed by atoms with Crippen molar-refractivity contribution in [1.29, 1.82) is 0 Å². The summed E-state index contributed by atoms with van der Waals surface area (Å²) in [5.41, 5.74) is 2.12. The Labute approximate surface area is 123 Å². The largest absolute Gasteiger partial charge is 0.492 e. The fourth-order valence-electron chi connectivity index (χ4n) is 2.55. The van der Waals surface area contributed by atoms with Crippen LogP contribution < -0.4 is 10.1 Å². The number of aromatic nitrogens is 2. The number of nitrogens with zero attached hydrogens (tertiary/aromatic N) is 1. The van der Waals surface area contributed by atoms with Gasteiger partial charge in [-0.2, -0.15) is 5.10 Å². The van der Waals surface area contributed by atoms with E-state index in [0.29, 0.717) is 18.8 Å². The van der Waals surface area contributed by atoms with Gasteiger partial charge in [-0.05, 0) is 24.5 Å². The fraction of sp³-hybridized carbons (Fsp3) is 0.375. The third kappa shape index (κ3) is 3.07. The van der Waals surface area contributed by atoms with Gasteiger partial charge in [0.15, 0.2) is 5.82 Å². The van der Waals surface area contributed by atoms with E-state index in [0.717, 1.165) is 29.8 Å². The summed E-state index contributed by atoms with van der Waals surface area (Å²) in [6, 6.07) is 9.74. The third-order valence-electron chi connectivity index (χ3n) is 3.65. The summed E-state index contributed by atoms with van der Waals surface area (Å²) >= 11 is 0. The number of para-hydroxylation sites is 1. The van der Waals surface area contributed by atoms with Gasteiger partial charge in [0.25, 0.3) is 0 Å². The SMILES string of the molecule is CCCc1cc(NC(=O)C2COc3ccccc3C2)n[nH]1.